The maximum absolute atomic E-state index is 11.9. The molecule has 0 bridgehead atoms. The molecule has 0 fully saturated rings. The van der Waals surface area contributed by atoms with Crippen LogP contribution < -0.4 is 10.6 Å². The Kier molecular flexibility index (Phi) is 4.83. The van der Waals surface area contributed by atoms with Crippen LogP contribution in [0.25, 0.3) is 0 Å². The molecule has 0 saturated heterocycles. The number of nitriles is 1. The largest absolute Gasteiger partial charge is 0.366 e. The summed E-state index contributed by atoms with van der Waals surface area (Å²) in [5, 5.41) is 22.2. The highest BCUT2D eigenvalue weighted by molar-refractivity contribution is 5.94. The molecule has 0 aliphatic rings. The number of aromatic nitrogens is 2. The fraction of sp³-hybridized carbons (Fsp3) is 0.200. The van der Waals surface area contributed by atoms with Gasteiger partial charge in [-0.05, 0) is 25.1 Å². The van der Waals surface area contributed by atoms with E-state index in [1.807, 2.05) is 25.1 Å². The first kappa shape index (κ1) is 14.5. The normalized spacial score (nSPS) is 9.71. The third-order valence-corrected chi connectivity index (χ3v) is 2.86. The minimum absolute atomic E-state index is 0.128. The molecule has 1 amide bonds. The van der Waals surface area contributed by atoms with Gasteiger partial charge in [-0.1, -0.05) is 17.7 Å². The van der Waals surface area contributed by atoms with Crippen molar-refractivity contribution in [3.63, 3.8) is 0 Å². The zero-order valence-electron chi connectivity index (χ0n) is 11.6. The van der Waals surface area contributed by atoms with Crippen molar-refractivity contribution >= 4 is 11.7 Å². The first-order valence-electron chi connectivity index (χ1n) is 6.51. The van der Waals surface area contributed by atoms with Crippen LogP contribution >= 0.6 is 0 Å². The summed E-state index contributed by atoms with van der Waals surface area (Å²) in [5.41, 5.74) is 2.16. The predicted molar refractivity (Wildman–Crippen MR) is 78.7 cm³/mol. The third kappa shape index (κ3) is 4.01. The van der Waals surface area contributed by atoms with Crippen LogP contribution in [-0.4, -0.2) is 29.2 Å². The summed E-state index contributed by atoms with van der Waals surface area (Å²) in [6, 6.07) is 11.0. The van der Waals surface area contributed by atoms with Crippen LogP contribution in [-0.2, 0) is 0 Å². The van der Waals surface area contributed by atoms with E-state index in [1.165, 1.54) is 6.20 Å². The lowest BCUT2D eigenvalue weighted by Crippen LogP contribution is -2.29. The second kappa shape index (κ2) is 7.01. The molecule has 106 valence electrons. The zero-order chi connectivity index (χ0) is 15.1. The number of hydrogen-bond acceptors (Lipinski definition) is 5. The lowest BCUT2D eigenvalue weighted by Gasteiger charge is -2.08. The predicted octanol–water partition coefficient (Wildman–Crippen LogP) is 1.50. The molecule has 2 aromatic rings. The number of aryl methyl sites for hydroxylation is 1. The number of amides is 1. The molecule has 0 unspecified atom stereocenters. The number of rotatable bonds is 5. The number of nitrogens with one attached hydrogen (secondary N) is 2. The van der Waals surface area contributed by atoms with E-state index in [2.05, 4.69) is 20.8 Å². The van der Waals surface area contributed by atoms with Gasteiger partial charge < -0.3 is 10.6 Å². The number of anilines is 1. The summed E-state index contributed by atoms with van der Waals surface area (Å²) in [5.74, 6) is 0.293. The van der Waals surface area contributed by atoms with E-state index in [0.717, 1.165) is 5.56 Å². The Morgan fingerprint density at radius 3 is 2.71 bits per heavy atom. The van der Waals surface area contributed by atoms with Crippen LogP contribution in [0.1, 0.15) is 21.5 Å². The fourth-order valence-corrected chi connectivity index (χ4v) is 1.72. The van der Waals surface area contributed by atoms with E-state index in [4.69, 9.17) is 5.26 Å². The van der Waals surface area contributed by atoms with Crippen LogP contribution in [0.5, 0.6) is 0 Å². The molecule has 1 aromatic heterocycles. The number of carbonyl (C=O) groups is 1. The van der Waals surface area contributed by atoms with Gasteiger partial charge in [-0.2, -0.15) is 10.4 Å². The van der Waals surface area contributed by atoms with Gasteiger partial charge in [-0.15, -0.1) is 5.10 Å². The van der Waals surface area contributed by atoms with Gasteiger partial charge in [0.2, 0.25) is 0 Å². The smallest absolute Gasteiger partial charge is 0.251 e. The SMILES string of the molecule is Cc1ccc(C(=O)NCCNc2nnccc2C#N)cc1. The molecular weight excluding hydrogens is 266 g/mol. The fourth-order valence-electron chi connectivity index (χ4n) is 1.72. The Bertz CT molecular complexity index is 661. The molecule has 1 heterocycles. The van der Waals surface area contributed by atoms with Gasteiger partial charge in [0.05, 0.1) is 11.8 Å². The van der Waals surface area contributed by atoms with Crippen molar-refractivity contribution < 1.29 is 4.79 Å². The molecule has 0 atom stereocenters. The molecule has 21 heavy (non-hydrogen) atoms. The Morgan fingerprint density at radius 2 is 2.00 bits per heavy atom. The molecular formula is C15H15N5O. The van der Waals surface area contributed by atoms with Gasteiger partial charge in [0.1, 0.15) is 6.07 Å². The lowest BCUT2D eigenvalue weighted by atomic mass is 10.1. The summed E-state index contributed by atoms with van der Waals surface area (Å²) in [7, 11) is 0. The van der Waals surface area contributed by atoms with Crippen molar-refractivity contribution in [1.29, 1.82) is 5.26 Å². The van der Waals surface area contributed by atoms with Crippen LogP contribution in [0.2, 0.25) is 0 Å². The molecule has 0 aliphatic carbocycles. The van der Waals surface area contributed by atoms with Crippen LogP contribution in [0.4, 0.5) is 5.82 Å². The molecule has 0 spiro atoms. The second-order valence-electron chi connectivity index (χ2n) is 4.45. The monoisotopic (exact) mass is 281 g/mol. The van der Waals surface area contributed by atoms with Crippen LogP contribution in [0.15, 0.2) is 36.5 Å². The van der Waals surface area contributed by atoms with Crippen molar-refractivity contribution in [3.05, 3.63) is 53.2 Å². The third-order valence-electron chi connectivity index (χ3n) is 2.86. The Balaban J connectivity index is 1.81. The first-order chi connectivity index (χ1) is 10.2. The van der Waals surface area contributed by atoms with Gasteiger partial charge in [0.25, 0.3) is 5.91 Å². The van der Waals surface area contributed by atoms with Crippen molar-refractivity contribution in [1.82, 2.24) is 15.5 Å². The molecule has 0 aliphatic heterocycles. The number of nitrogens with zero attached hydrogens (tertiary/aromatic N) is 3. The van der Waals surface area contributed by atoms with E-state index in [9.17, 15) is 4.79 Å². The molecule has 6 nitrogen and oxygen atoms in total. The van der Waals surface area contributed by atoms with Gasteiger partial charge in [0.15, 0.2) is 5.82 Å². The van der Waals surface area contributed by atoms with E-state index >= 15 is 0 Å². The summed E-state index contributed by atoms with van der Waals surface area (Å²) in [6.45, 7) is 2.86. The summed E-state index contributed by atoms with van der Waals surface area (Å²) in [4.78, 5) is 11.9. The number of carbonyl (C=O) groups excluding carboxylic acids is 1. The standard InChI is InChI=1S/C15H15N5O/c1-11-2-4-12(5-3-11)15(21)18-9-8-17-14-13(10-16)6-7-19-20-14/h2-7H,8-9H2,1H3,(H,17,20)(H,18,21). The molecule has 2 rings (SSSR count). The van der Waals surface area contributed by atoms with Crippen molar-refractivity contribution in [2.24, 2.45) is 0 Å². The zero-order valence-corrected chi connectivity index (χ0v) is 11.6. The van der Waals surface area contributed by atoms with Crippen molar-refractivity contribution in [2.75, 3.05) is 18.4 Å². The Labute approximate surface area is 122 Å². The molecule has 0 saturated carbocycles. The van der Waals surface area contributed by atoms with Crippen LogP contribution in [0.3, 0.4) is 0 Å². The first-order valence-corrected chi connectivity index (χ1v) is 6.51. The van der Waals surface area contributed by atoms with Gasteiger partial charge in [-0.3, -0.25) is 4.79 Å². The lowest BCUT2D eigenvalue weighted by molar-refractivity contribution is 0.0955. The summed E-state index contributed by atoms with van der Waals surface area (Å²) in [6.07, 6.45) is 1.46. The Morgan fingerprint density at radius 1 is 1.24 bits per heavy atom. The van der Waals surface area contributed by atoms with E-state index in [0.29, 0.717) is 30.0 Å². The quantitative estimate of drug-likeness (QED) is 0.810. The van der Waals surface area contributed by atoms with Crippen molar-refractivity contribution in [2.45, 2.75) is 6.92 Å². The molecule has 0 radical (unpaired) electrons. The van der Waals surface area contributed by atoms with E-state index in [-0.39, 0.29) is 5.91 Å². The summed E-state index contributed by atoms with van der Waals surface area (Å²) < 4.78 is 0. The maximum atomic E-state index is 11.9. The molecule has 1 aromatic carbocycles. The highest BCUT2D eigenvalue weighted by atomic mass is 16.1. The van der Waals surface area contributed by atoms with Gasteiger partial charge >= 0.3 is 0 Å². The van der Waals surface area contributed by atoms with E-state index in [1.54, 1.807) is 18.2 Å². The van der Waals surface area contributed by atoms with E-state index < -0.39 is 0 Å². The maximum Gasteiger partial charge on any atom is 0.251 e. The van der Waals surface area contributed by atoms with Gasteiger partial charge in [-0.25, -0.2) is 0 Å². The number of hydrogen-bond donors (Lipinski definition) is 2. The average Bonchev–Trinajstić information content (AvgIpc) is 2.52. The van der Waals surface area contributed by atoms with Crippen LogP contribution in [0, 0.1) is 18.3 Å². The highest BCUT2D eigenvalue weighted by Gasteiger charge is 2.05. The minimum atomic E-state index is -0.128. The summed E-state index contributed by atoms with van der Waals surface area (Å²) >= 11 is 0. The molecule has 6 heteroatoms. The Hall–Kier alpha value is -2.94. The van der Waals surface area contributed by atoms with Gasteiger partial charge in [0, 0.05) is 18.7 Å². The van der Waals surface area contributed by atoms with Crippen molar-refractivity contribution in [3.8, 4) is 6.07 Å². The minimum Gasteiger partial charge on any atom is -0.366 e. The molecule has 2 N–H and O–H groups in total. The average molecular weight is 281 g/mol. The second-order valence-corrected chi connectivity index (χ2v) is 4.45. The highest BCUT2D eigenvalue weighted by Crippen LogP contribution is 2.07. The number of benzene rings is 1. The topological polar surface area (TPSA) is 90.7 Å².